The van der Waals surface area contributed by atoms with Crippen molar-refractivity contribution < 1.29 is 4.79 Å². The lowest BCUT2D eigenvalue weighted by molar-refractivity contribution is -0.112. The SMILES string of the molecule is CC1=CCC(C=O)(c2ccc3c(c2)C(C)(C)c2ccccc2-3)CC1. The molecule has 2 aromatic rings. The molecule has 0 aliphatic heterocycles. The second-order valence-electron chi connectivity index (χ2n) is 7.96. The van der Waals surface area contributed by atoms with Crippen molar-refractivity contribution in [2.75, 3.05) is 0 Å². The highest BCUT2D eigenvalue weighted by Crippen LogP contribution is 2.50. The lowest BCUT2D eigenvalue weighted by Crippen LogP contribution is -2.30. The first-order chi connectivity index (χ1) is 11.5. The van der Waals surface area contributed by atoms with E-state index in [9.17, 15) is 4.79 Å². The normalized spacial score (nSPS) is 24.0. The van der Waals surface area contributed by atoms with Gasteiger partial charge in [0, 0.05) is 5.41 Å². The van der Waals surface area contributed by atoms with Crippen LogP contribution in [-0.4, -0.2) is 6.29 Å². The Morgan fingerprint density at radius 2 is 1.75 bits per heavy atom. The predicted molar refractivity (Wildman–Crippen MR) is 99.4 cm³/mol. The van der Waals surface area contributed by atoms with Crippen molar-refractivity contribution in [1.82, 2.24) is 0 Å². The maximum atomic E-state index is 12.0. The molecule has 0 heterocycles. The third-order valence-electron chi connectivity index (χ3n) is 6.16. The Hall–Kier alpha value is -2.15. The summed E-state index contributed by atoms with van der Waals surface area (Å²) in [5, 5.41) is 0. The summed E-state index contributed by atoms with van der Waals surface area (Å²) in [7, 11) is 0. The van der Waals surface area contributed by atoms with Crippen LogP contribution in [0.3, 0.4) is 0 Å². The Morgan fingerprint density at radius 3 is 2.46 bits per heavy atom. The molecule has 1 heteroatoms. The van der Waals surface area contributed by atoms with E-state index in [4.69, 9.17) is 0 Å². The van der Waals surface area contributed by atoms with Gasteiger partial charge in [-0.15, -0.1) is 0 Å². The Labute approximate surface area is 144 Å². The zero-order valence-electron chi connectivity index (χ0n) is 14.7. The molecule has 0 aromatic heterocycles. The van der Waals surface area contributed by atoms with E-state index in [1.165, 1.54) is 39.7 Å². The van der Waals surface area contributed by atoms with Crippen LogP contribution in [-0.2, 0) is 15.6 Å². The fourth-order valence-electron chi connectivity index (χ4n) is 4.43. The molecule has 2 aromatic carbocycles. The van der Waals surface area contributed by atoms with E-state index in [0.29, 0.717) is 0 Å². The van der Waals surface area contributed by atoms with Crippen LogP contribution in [0, 0.1) is 0 Å². The van der Waals surface area contributed by atoms with Gasteiger partial charge < -0.3 is 4.79 Å². The van der Waals surface area contributed by atoms with Crippen LogP contribution in [0.25, 0.3) is 11.1 Å². The van der Waals surface area contributed by atoms with Crippen LogP contribution >= 0.6 is 0 Å². The van der Waals surface area contributed by atoms with Crippen molar-refractivity contribution in [1.29, 1.82) is 0 Å². The largest absolute Gasteiger partial charge is 0.302 e. The molecule has 0 spiro atoms. The molecular formula is C23H24O. The molecule has 1 unspecified atom stereocenters. The molecule has 0 radical (unpaired) electrons. The summed E-state index contributed by atoms with van der Waals surface area (Å²) >= 11 is 0. The van der Waals surface area contributed by atoms with Crippen LogP contribution in [0.2, 0.25) is 0 Å². The van der Waals surface area contributed by atoms with Crippen molar-refractivity contribution in [2.24, 2.45) is 0 Å². The Bertz CT molecular complexity index is 856. The summed E-state index contributed by atoms with van der Waals surface area (Å²) < 4.78 is 0. The van der Waals surface area contributed by atoms with Gasteiger partial charge >= 0.3 is 0 Å². The molecule has 0 bridgehead atoms. The molecule has 2 aliphatic carbocycles. The molecule has 4 rings (SSSR count). The van der Waals surface area contributed by atoms with Gasteiger partial charge in [0.1, 0.15) is 6.29 Å². The Morgan fingerprint density at radius 1 is 1.00 bits per heavy atom. The first-order valence-electron chi connectivity index (χ1n) is 8.85. The van der Waals surface area contributed by atoms with Crippen molar-refractivity contribution >= 4 is 6.29 Å². The second-order valence-corrected chi connectivity index (χ2v) is 7.96. The number of hydrogen-bond donors (Lipinski definition) is 0. The third kappa shape index (κ3) is 2.04. The maximum Gasteiger partial charge on any atom is 0.130 e. The monoisotopic (exact) mass is 316 g/mol. The number of rotatable bonds is 2. The predicted octanol–water partition coefficient (Wildman–Crippen LogP) is 5.56. The van der Waals surface area contributed by atoms with Crippen LogP contribution in [0.15, 0.2) is 54.1 Å². The van der Waals surface area contributed by atoms with E-state index in [1.54, 1.807) is 0 Å². The second kappa shape index (κ2) is 5.17. The molecule has 122 valence electrons. The number of hydrogen-bond acceptors (Lipinski definition) is 1. The van der Waals surface area contributed by atoms with Crippen LogP contribution in [0.5, 0.6) is 0 Å². The van der Waals surface area contributed by atoms with Crippen LogP contribution in [0.1, 0.15) is 56.7 Å². The summed E-state index contributed by atoms with van der Waals surface area (Å²) in [5.41, 5.74) is 7.63. The molecule has 0 amide bonds. The topological polar surface area (TPSA) is 17.1 Å². The summed E-state index contributed by atoms with van der Waals surface area (Å²) in [6.07, 6.45) is 6.19. The molecule has 1 nitrogen and oxygen atoms in total. The summed E-state index contributed by atoms with van der Waals surface area (Å²) in [6.45, 7) is 6.75. The lowest BCUT2D eigenvalue weighted by atomic mass is 9.70. The highest BCUT2D eigenvalue weighted by Gasteiger charge is 2.38. The lowest BCUT2D eigenvalue weighted by Gasteiger charge is -2.32. The third-order valence-corrected chi connectivity index (χ3v) is 6.16. The van der Waals surface area contributed by atoms with Gasteiger partial charge in [0.2, 0.25) is 0 Å². The number of allylic oxidation sites excluding steroid dienone is 2. The van der Waals surface area contributed by atoms with E-state index < -0.39 is 0 Å². The van der Waals surface area contributed by atoms with Crippen molar-refractivity contribution in [2.45, 2.75) is 50.9 Å². The minimum absolute atomic E-state index is 0.00751. The molecule has 24 heavy (non-hydrogen) atoms. The van der Waals surface area contributed by atoms with E-state index in [2.05, 4.69) is 69.3 Å². The average molecular weight is 316 g/mol. The van der Waals surface area contributed by atoms with Crippen molar-refractivity contribution in [3.05, 3.63) is 70.8 Å². The zero-order chi connectivity index (χ0) is 16.9. The van der Waals surface area contributed by atoms with E-state index in [1.807, 2.05) is 0 Å². The van der Waals surface area contributed by atoms with E-state index in [0.717, 1.165) is 19.3 Å². The van der Waals surface area contributed by atoms with E-state index >= 15 is 0 Å². The van der Waals surface area contributed by atoms with Gasteiger partial charge in [-0.2, -0.15) is 0 Å². The molecule has 0 saturated heterocycles. The number of carbonyl (C=O) groups excluding carboxylic acids is 1. The van der Waals surface area contributed by atoms with Gasteiger partial charge in [0.15, 0.2) is 0 Å². The standard InChI is InChI=1S/C23H24O/c1-16-10-12-23(15-24,13-11-16)17-8-9-19-18-6-4-5-7-20(18)22(2,3)21(19)14-17/h4-10,14-15H,11-13H2,1-3H3. The smallest absolute Gasteiger partial charge is 0.130 e. The number of carbonyl (C=O) groups is 1. The number of benzene rings is 2. The van der Waals surface area contributed by atoms with Crippen molar-refractivity contribution in [3.8, 4) is 11.1 Å². The molecule has 0 N–H and O–H groups in total. The highest BCUT2D eigenvalue weighted by atomic mass is 16.1. The van der Waals surface area contributed by atoms with Gasteiger partial charge in [-0.05, 0) is 54.0 Å². The summed E-state index contributed by atoms with van der Waals surface area (Å²) in [4.78, 5) is 12.0. The molecule has 1 atom stereocenters. The first-order valence-corrected chi connectivity index (χ1v) is 8.85. The van der Waals surface area contributed by atoms with Crippen molar-refractivity contribution in [3.63, 3.8) is 0 Å². The molecule has 0 saturated carbocycles. The summed E-state index contributed by atoms with van der Waals surface area (Å²) in [6, 6.07) is 15.4. The average Bonchev–Trinajstić information content (AvgIpc) is 2.84. The van der Waals surface area contributed by atoms with Gasteiger partial charge in [0.25, 0.3) is 0 Å². The quantitative estimate of drug-likeness (QED) is 0.523. The Balaban J connectivity index is 1.86. The first kappa shape index (κ1) is 15.4. The van der Waals surface area contributed by atoms with Gasteiger partial charge in [-0.25, -0.2) is 0 Å². The van der Waals surface area contributed by atoms with Gasteiger partial charge in [-0.3, -0.25) is 0 Å². The van der Waals surface area contributed by atoms with Gasteiger partial charge in [-0.1, -0.05) is 68.0 Å². The van der Waals surface area contributed by atoms with Crippen LogP contribution < -0.4 is 0 Å². The maximum absolute atomic E-state index is 12.0. The van der Waals surface area contributed by atoms with Crippen LogP contribution in [0.4, 0.5) is 0 Å². The number of aldehydes is 1. The van der Waals surface area contributed by atoms with Gasteiger partial charge in [0.05, 0.1) is 5.41 Å². The summed E-state index contributed by atoms with van der Waals surface area (Å²) in [5.74, 6) is 0. The molecule has 2 aliphatic rings. The highest BCUT2D eigenvalue weighted by molar-refractivity contribution is 5.82. The molecule has 0 fully saturated rings. The molecular weight excluding hydrogens is 292 g/mol. The number of fused-ring (bicyclic) bond motifs is 3. The minimum Gasteiger partial charge on any atom is -0.302 e. The fourth-order valence-corrected chi connectivity index (χ4v) is 4.43. The fraction of sp³-hybridized carbons (Fsp3) is 0.348. The zero-order valence-corrected chi connectivity index (χ0v) is 14.7. The Kier molecular flexibility index (Phi) is 3.32. The van der Waals surface area contributed by atoms with E-state index in [-0.39, 0.29) is 10.8 Å². The minimum atomic E-state index is -0.348.